The largest absolute Gasteiger partial charge is 0.323 e. The summed E-state index contributed by atoms with van der Waals surface area (Å²) in [7, 11) is 0. The number of benzene rings is 2. The smallest absolute Gasteiger partial charge is 0.262 e. The Morgan fingerprint density at radius 2 is 1.97 bits per heavy atom. The number of hydrogen-bond acceptors (Lipinski definition) is 7. The van der Waals surface area contributed by atoms with E-state index in [9.17, 15) is 9.59 Å². The number of aryl methyl sites for hydroxylation is 1. The molecule has 0 fully saturated rings. The van der Waals surface area contributed by atoms with Crippen LogP contribution >= 0.6 is 11.8 Å². The number of rotatable bonds is 8. The van der Waals surface area contributed by atoms with Crippen LogP contribution < -0.4 is 10.9 Å². The minimum atomic E-state index is -0.183. The maximum Gasteiger partial charge on any atom is 0.262 e. The van der Waals surface area contributed by atoms with Crippen LogP contribution in [-0.4, -0.2) is 30.8 Å². The van der Waals surface area contributed by atoms with Crippen LogP contribution in [0.4, 0.5) is 17.1 Å². The third-order valence-electron chi connectivity index (χ3n) is 5.36. The normalized spacial score (nSPS) is 12.3. The first-order valence-corrected chi connectivity index (χ1v) is 12.4. The predicted molar refractivity (Wildman–Crippen MR) is 132 cm³/mol. The first-order chi connectivity index (χ1) is 16.2. The van der Waals surface area contributed by atoms with Gasteiger partial charge in [0.25, 0.3) is 5.56 Å². The van der Waals surface area contributed by atoms with E-state index in [0.29, 0.717) is 34.2 Å². The molecule has 0 unspecified atom stereocenters. The predicted octanol–water partition coefficient (Wildman–Crippen LogP) is 4.69. The average Bonchev–Trinajstić information content (AvgIpc) is 3.48. The monoisotopic (exact) mass is 479 g/mol. The fourth-order valence-corrected chi connectivity index (χ4v) is 5.06. The van der Waals surface area contributed by atoms with Gasteiger partial charge in [-0.05, 0) is 30.7 Å². The molecule has 0 aliphatic carbocycles. The van der Waals surface area contributed by atoms with E-state index < -0.39 is 0 Å². The number of thioether (sulfide) groups is 1. The van der Waals surface area contributed by atoms with E-state index in [1.807, 2.05) is 40.8 Å². The third kappa shape index (κ3) is 4.09. The molecule has 1 amide bonds. The molecule has 0 saturated carbocycles. The molecule has 3 heterocycles. The SMILES string of the molecule is CCCCCn1c(=O)c2ccccc2n2c(SCC(=O)Nc3cccc4c3N=S=N4)nnc12. The van der Waals surface area contributed by atoms with Crippen molar-refractivity contribution >= 4 is 62.8 Å². The summed E-state index contributed by atoms with van der Waals surface area (Å²) in [5, 5.41) is 12.7. The van der Waals surface area contributed by atoms with E-state index in [4.69, 9.17) is 0 Å². The van der Waals surface area contributed by atoms with Crippen molar-refractivity contribution in [1.82, 2.24) is 19.2 Å². The summed E-state index contributed by atoms with van der Waals surface area (Å²) in [6.07, 6.45) is 2.98. The van der Waals surface area contributed by atoms with Gasteiger partial charge in [-0.2, -0.15) is 8.73 Å². The van der Waals surface area contributed by atoms with Crippen molar-refractivity contribution < 1.29 is 4.79 Å². The lowest BCUT2D eigenvalue weighted by Gasteiger charge is -2.11. The Kier molecular flexibility index (Phi) is 6.05. The highest BCUT2D eigenvalue weighted by Gasteiger charge is 2.18. The molecule has 0 atom stereocenters. The number of amides is 1. The zero-order chi connectivity index (χ0) is 22.8. The third-order valence-corrected chi connectivity index (χ3v) is 6.83. The Labute approximate surface area is 197 Å². The van der Waals surface area contributed by atoms with Gasteiger partial charge in [-0.25, -0.2) is 0 Å². The second-order valence-corrected chi connectivity index (χ2v) is 9.04. The lowest BCUT2D eigenvalue weighted by atomic mass is 10.2. The van der Waals surface area contributed by atoms with Gasteiger partial charge in [-0.3, -0.25) is 18.6 Å². The summed E-state index contributed by atoms with van der Waals surface area (Å²) in [4.78, 5) is 25.8. The lowest BCUT2D eigenvalue weighted by molar-refractivity contribution is -0.113. The number of hydrogen-bond donors (Lipinski definition) is 1. The van der Waals surface area contributed by atoms with Crippen molar-refractivity contribution in [3.05, 3.63) is 52.8 Å². The van der Waals surface area contributed by atoms with E-state index in [1.54, 1.807) is 10.6 Å². The molecule has 2 aromatic carbocycles. The first kappa shape index (κ1) is 21.5. The van der Waals surface area contributed by atoms with Crippen LogP contribution in [0.3, 0.4) is 0 Å². The van der Waals surface area contributed by atoms with Crippen LogP contribution in [0.15, 0.2) is 61.1 Å². The number of nitrogens with one attached hydrogen (secondary N) is 1. The Hall–Kier alpha value is -3.31. The topological polar surface area (TPSA) is 106 Å². The highest BCUT2D eigenvalue weighted by atomic mass is 32.2. The highest BCUT2D eigenvalue weighted by molar-refractivity contribution is 7.99. The summed E-state index contributed by atoms with van der Waals surface area (Å²) in [5.41, 5.74) is 2.72. The number of carbonyl (C=O) groups excluding carboxylic acids is 1. The molecule has 0 saturated heterocycles. The Morgan fingerprint density at radius 1 is 1.09 bits per heavy atom. The molecule has 1 N–H and O–H groups in total. The van der Waals surface area contributed by atoms with Crippen LogP contribution in [-0.2, 0) is 22.7 Å². The summed E-state index contributed by atoms with van der Waals surface area (Å²) < 4.78 is 12.0. The number of nitrogens with zero attached hydrogens (tertiary/aromatic N) is 6. The molecular formula is C22H21N7O2S2. The minimum Gasteiger partial charge on any atom is -0.323 e. The minimum absolute atomic E-state index is 0.0686. The zero-order valence-corrected chi connectivity index (χ0v) is 19.5. The highest BCUT2D eigenvalue weighted by Crippen LogP contribution is 2.38. The van der Waals surface area contributed by atoms with Crippen molar-refractivity contribution in [2.45, 2.75) is 37.9 Å². The number of unbranched alkanes of at least 4 members (excludes halogenated alkanes) is 2. The van der Waals surface area contributed by atoms with Crippen molar-refractivity contribution in [3.63, 3.8) is 0 Å². The Balaban J connectivity index is 1.43. The molecule has 11 heteroatoms. The molecule has 0 bridgehead atoms. The number of carbonyl (C=O) groups is 1. The summed E-state index contributed by atoms with van der Waals surface area (Å²) in [5.74, 6) is 0.451. The van der Waals surface area contributed by atoms with Crippen LogP contribution in [0, 0.1) is 0 Å². The fraction of sp³-hybridized carbons (Fsp3) is 0.273. The Morgan fingerprint density at radius 3 is 2.85 bits per heavy atom. The van der Waals surface area contributed by atoms with Crippen molar-refractivity contribution in [2.75, 3.05) is 11.1 Å². The van der Waals surface area contributed by atoms with Gasteiger partial charge in [-0.1, -0.05) is 49.7 Å². The van der Waals surface area contributed by atoms with E-state index in [-0.39, 0.29) is 17.2 Å². The molecular weight excluding hydrogens is 458 g/mol. The number of aromatic nitrogens is 4. The van der Waals surface area contributed by atoms with Crippen LogP contribution in [0.5, 0.6) is 0 Å². The molecule has 5 rings (SSSR count). The molecule has 9 nitrogen and oxygen atoms in total. The quantitative estimate of drug-likeness (QED) is 0.257. The molecule has 1 aliphatic rings. The molecule has 2 aromatic heterocycles. The molecule has 168 valence electrons. The Bertz CT molecular complexity index is 1500. The zero-order valence-electron chi connectivity index (χ0n) is 17.9. The fourth-order valence-electron chi connectivity index (χ4n) is 3.77. The number of fused-ring (bicyclic) bond motifs is 4. The molecule has 1 aliphatic heterocycles. The summed E-state index contributed by atoms with van der Waals surface area (Å²) in [6, 6.07) is 12.9. The number of anilines is 1. The molecule has 33 heavy (non-hydrogen) atoms. The van der Waals surface area contributed by atoms with Crippen LogP contribution in [0.1, 0.15) is 26.2 Å². The first-order valence-electron chi connectivity index (χ1n) is 10.7. The second kappa shape index (κ2) is 9.28. The van der Waals surface area contributed by atoms with E-state index in [0.717, 1.165) is 41.8 Å². The van der Waals surface area contributed by atoms with Gasteiger partial charge in [0, 0.05) is 6.54 Å². The van der Waals surface area contributed by atoms with Gasteiger partial charge >= 0.3 is 0 Å². The average molecular weight is 480 g/mol. The van der Waals surface area contributed by atoms with Crippen LogP contribution in [0.2, 0.25) is 0 Å². The molecule has 0 spiro atoms. The van der Waals surface area contributed by atoms with Gasteiger partial charge in [0.2, 0.25) is 11.7 Å². The van der Waals surface area contributed by atoms with Gasteiger partial charge < -0.3 is 5.32 Å². The van der Waals surface area contributed by atoms with Crippen molar-refractivity contribution in [1.29, 1.82) is 0 Å². The summed E-state index contributed by atoms with van der Waals surface area (Å²) >= 11 is 2.39. The van der Waals surface area contributed by atoms with Gasteiger partial charge in [0.1, 0.15) is 11.4 Å². The van der Waals surface area contributed by atoms with E-state index in [2.05, 4.69) is 31.2 Å². The van der Waals surface area contributed by atoms with Crippen LogP contribution in [0.25, 0.3) is 16.7 Å². The van der Waals surface area contributed by atoms with E-state index >= 15 is 0 Å². The lowest BCUT2D eigenvalue weighted by Crippen LogP contribution is -2.23. The second-order valence-electron chi connectivity index (χ2n) is 7.57. The van der Waals surface area contributed by atoms with Gasteiger partial charge in [0.15, 0.2) is 5.16 Å². The standard InChI is InChI=1S/C22H21N7O2S2/c1-2-3-6-12-28-20(31)14-8-4-5-11-17(14)29-21(28)24-25-22(29)32-13-18(30)23-15-9-7-10-16-19(15)27-33-26-16/h4-5,7-11H,2-3,6,12-13H2,1H3,(H,23,30). The summed E-state index contributed by atoms with van der Waals surface area (Å²) in [6.45, 7) is 2.71. The number of para-hydroxylation sites is 1. The maximum atomic E-state index is 13.1. The van der Waals surface area contributed by atoms with Crippen molar-refractivity contribution in [3.8, 4) is 0 Å². The van der Waals surface area contributed by atoms with E-state index in [1.165, 1.54) is 11.8 Å². The van der Waals surface area contributed by atoms with Crippen molar-refractivity contribution in [2.24, 2.45) is 8.73 Å². The van der Waals surface area contributed by atoms with Gasteiger partial charge in [-0.15, -0.1) is 10.2 Å². The molecule has 0 radical (unpaired) electrons. The van der Waals surface area contributed by atoms with Gasteiger partial charge in [0.05, 0.1) is 33.7 Å². The maximum absolute atomic E-state index is 13.1. The molecule has 4 aromatic rings.